The summed E-state index contributed by atoms with van der Waals surface area (Å²) < 4.78 is 12.9. The van der Waals surface area contributed by atoms with E-state index in [0.29, 0.717) is 6.04 Å². The summed E-state index contributed by atoms with van der Waals surface area (Å²) in [6.45, 7) is 2.95. The molecule has 2 aromatic rings. The predicted octanol–water partition coefficient (Wildman–Crippen LogP) is 4.88. The van der Waals surface area contributed by atoms with Crippen molar-refractivity contribution >= 4 is 12.4 Å². The van der Waals surface area contributed by atoms with Crippen LogP contribution >= 0.6 is 12.4 Å². The fourth-order valence-corrected chi connectivity index (χ4v) is 2.20. The molecule has 1 atom stereocenters. The van der Waals surface area contributed by atoms with Crippen molar-refractivity contribution in [2.75, 3.05) is 0 Å². The molecule has 1 N–H and O–H groups in total. The van der Waals surface area contributed by atoms with E-state index in [1.54, 1.807) is 0 Å². The zero-order chi connectivity index (χ0) is 13.5. The maximum absolute atomic E-state index is 12.9. The van der Waals surface area contributed by atoms with Gasteiger partial charge in [0.25, 0.3) is 0 Å². The lowest BCUT2D eigenvalue weighted by Crippen LogP contribution is -2.20. The van der Waals surface area contributed by atoms with Gasteiger partial charge in [-0.05, 0) is 29.7 Å². The van der Waals surface area contributed by atoms with Gasteiger partial charge in [-0.2, -0.15) is 0 Å². The van der Waals surface area contributed by atoms with Gasteiger partial charge in [0.05, 0.1) is 0 Å². The van der Waals surface area contributed by atoms with Crippen LogP contribution in [0.3, 0.4) is 0 Å². The third-order valence-corrected chi connectivity index (χ3v) is 3.25. The smallest absolute Gasteiger partial charge is 0.123 e. The second-order valence-corrected chi connectivity index (χ2v) is 4.76. The van der Waals surface area contributed by atoms with E-state index < -0.39 is 0 Å². The van der Waals surface area contributed by atoms with Crippen LogP contribution in [0.15, 0.2) is 54.6 Å². The molecule has 1 unspecified atom stereocenters. The molecule has 0 aliphatic heterocycles. The quantitative estimate of drug-likeness (QED) is 0.800. The lowest BCUT2D eigenvalue weighted by molar-refractivity contribution is 0.493. The minimum Gasteiger partial charge on any atom is -0.306 e. The standard InChI is InChI=1S/C17H20FN.ClH/c1-2-6-17(15-7-4-3-5-8-15)19-13-14-9-11-16(18)12-10-14;/h3-5,7-12,17,19H,2,6,13H2,1H3;1H. The Hall–Kier alpha value is -1.38. The third-order valence-electron chi connectivity index (χ3n) is 3.25. The van der Waals surface area contributed by atoms with Crippen LogP contribution in [0.1, 0.15) is 36.9 Å². The molecule has 0 heterocycles. The number of hydrogen-bond acceptors (Lipinski definition) is 1. The summed E-state index contributed by atoms with van der Waals surface area (Å²) in [6, 6.07) is 17.5. The van der Waals surface area contributed by atoms with Gasteiger partial charge in [0.15, 0.2) is 0 Å². The first-order chi connectivity index (χ1) is 9.29. The van der Waals surface area contributed by atoms with Gasteiger partial charge in [-0.15, -0.1) is 12.4 Å². The van der Waals surface area contributed by atoms with Crippen LogP contribution in [0.2, 0.25) is 0 Å². The van der Waals surface area contributed by atoms with E-state index in [2.05, 4.69) is 36.5 Å². The van der Waals surface area contributed by atoms with Gasteiger partial charge in [-0.25, -0.2) is 4.39 Å². The summed E-state index contributed by atoms with van der Waals surface area (Å²) >= 11 is 0. The van der Waals surface area contributed by atoms with Crippen molar-refractivity contribution in [2.45, 2.75) is 32.4 Å². The first-order valence-corrected chi connectivity index (χ1v) is 6.82. The highest BCUT2D eigenvalue weighted by Crippen LogP contribution is 2.18. The molecule has 1 nitrogen and oxygen atoms in total. The zero-order valence-electron chi connectivity index (χ0n) is 11.7. The predicted molar refractivity (Wildman–Crippen MR) is 84.6 cm³/mol. The lowest BCUT2D eigenvalue weighted by Gasteiger charge is -2.18. The van der Waals surface area contributed by atoms with E-state index in [0.717, 1.165) is 24.9 Å². The molecular formula is C17H21ClFN. The van der Waals surface area contributed by atoms with E-state index >= 15 is 0 Å². The number of hydrogen-bond donors (Lipinski definition) is 1. The third kappa shape index (κ3) is 4.95. The summed E-state index contributed by atoms with van der Waals surface area (Å²) in [5.74, 6) is -0.183. The van der Waals surface area contributed by atoms with Gasteiger partial charge in [-0.3, -0.25) is 0 Å². The van der Waals surface area contributed by atoms with Crippen molar-refractivity contribution in [3.63, 3.8) is 0 Å². The molecule has 0 bridgehead atoms. The molecule has 0 amide bonds. The summed E-state index contributed by atoms with van der Waals surface area (Å²) in [6.07, 6.45) is 2.24. The Morgan fingerprint density at radius 3 is 2.25 bits per heavy atom. The summed E-state index contributed by atoms with van der Waals surface area (Å²) in [4.78, 5) is 0. The van der Waals surface area contributed by atoms with Gasteiger partial charge < -0.3 is 5.32 Å². The Balaban J connectivity index is 0.00000200. The second kappa shape index (κ2) is 8.72. The fourth-order valence-electron chi connectivity index (χ4n) is 2.20. The number of halogens is 2. The minimum absolute atomic E-state index is 0. The molecule has 0 radical (unpaired) electrons. The average Bonchev–Trinajstić information content (AvgIpc) is 2.46. The van der Waals surface area contributed by atoms with Crippen LogP contribution in [0.4, 0.5) is 4.39 Å². The molecule has 2 rings (SSSR count). The Bertz CT molecular complexity index is 484. The molecule has 0 aliphatic rings. The molecule has 0 aliphatic carbocycles. The molecular weight excluding hydrogens is 273 g/mol. The van der Waals surface area contributed by atoms with Crippen molar-refractivity contribution < 1.29 is 4.39 Å². The average molecular weight is 294 g/mol. The minimum atomic E-state index is -0.183. The van der Waals surface area contributed by atoms with Gasteiger partial charge in [-0.1, -0.05) is 55.8 Å². The van der Waals surface area contributed by atoms with Crippen LogP contribution in [0.5, 0.6) is 0 Å². The van der Waals surface area contributed by atoms with Crippen LogP contribution in [-0.4, -0.2) is 0 Å². The van der Waals surface area contributed by atoms with E-state index in [1.807, 2.05) is 18.2 Å². The van der Waals surface area contributed by atoms with Crippen LogP contribution in [-0.2, 0) is 6.54 Å². The first kappa shape index (κ1) is 16.7. The number of rotatable bonds is 6. The molecule has 0 spiro atoms. The fraction of sp³-hybridized carbons (Fsp3) is 0.294. The van der Waals surface area contributed by atoms with Crippen LogP contribution < -0.4 is 5.32 Å². The SMILES string of the molecule is CCCC(NCc1ccc(F)cc1)c1ccccc1.Cl. The number of benzene rings is 2. The highest BCUT2D eigenvalue weighted by molar-refractivity contribution is 5.85. The van der Waals surface area contributed by atoms with E-state index in [4.69, 9.17) is 0 Å². The van der Waals surface area contributed by atoms with Crippen LogP contribution in [0.25, 0.3) is 0 Å². The summed E-state index contributed by atoms with van der Waals surface area (Å²) in [7, 11) is 0. The van der Waals surface area contributed by atoms with Gasteiger partial charge in [0.2, 0.25) is 0 Å². The van der Waals surface area contributed by atoms with Crippen molar-refractivity contribution in [1.29, 1.82) is 0 Å². The Morgan fingerprint density at radius 1 is 1.00 bits per heavy atom. The topological polar surface area (TPSA) is 12.0 Å². The highest BCUT2D eigenvalue weighted by Gasteiger charge is 2.09. The molecule has 0 saturated carbocycles. The molecule has 0 saturated heterocycles. The van der Waals surface area contributed by atoms with Gasteiger partial charge >= 0.3 is 0 Å². The van der Waals surface area contributed by atoms with Gasteiger partial charge in [0, 0.05) is 12.6 Å². The second-order valence-electron chi connectivity index (χ2n) is 4.76. The molecule has 3 heteroatoms. The molecule has 0 aromatic heterocycles. The van der Waals surface area contributed by atoms with Gasteiger partial charge in [0.1, 0.15) is 5.82 Å². The Morgan fingerprint density at radius 2 is 1.65 bits per heavy atom. The van der Waals surface area contributed by atoms with E-state index in [9.17, 15) is 4.39 Å². The number of nitrogens with one attached hydrogen (secondary N) is 1. The van der Waals surface area contributed by atoms with Crippen molar-refractivity contribution in [3.8, 4) is 0 Å². The van der Waals surface area contributed by atoms with Crippen molar-refractivity contribution in [3.05, 3.63) is 71.5 Å². The Kier molecular flexibility index (Phi) is 7.27. The monoisotopic (exact) mass is 293 g/mol. The van der Waals surface area contributed by atoms with Crippen LogP contribution in [0, 0.1) is 5.82 Å². The van der Waals surface area contributed by atoms with E-state index in [-0.39, 0.29) is 18.2 Å². The first-order valence-electron chi connectivity index (χ1n) is 6.82. The van der Waals surface area contributed by atoms with E-state index in [1.165, 1.54) is 17.7 Å². The lowest BCUT2D eigenvalue weighted by atomic mass is 10.0. The molecule has 108 valence electrons. The maximum atomic E-state index is 12.9. The molecule has 2 aromatic carbocycles. The zero-order valence-corrected chi connectivity index (χ0v) is 12.5. The molecule has 20 heavy (non-hydrogen) atoms. The summed E-state index contributed by atoms with van der Waals surface area (Å²) in [5, 5.41) is 3.55. The highest BCUT2D eigenvalue weighted by atomic mass is 35.5. The van der Waals surface area contributed by atoms with Crippen molar-refractivity contribution in [1.82, 2.24) is 5.32 Å². The summed E-state index contributed by atoms with van der Waals surface area (Å²) in [5.41, 5.74) is 2.42. The largest absolute Gasteiger partial charge is 0.306 e. The maximum Gasteiger partial charge on any atom is 0.123 e. The molecule has 0 fully saturated rings. The Labute approximate surface area is 126 Å². The van der Waals surface area contributed by atoms with Crippen molar-refractivity contribution in [2.24, 2.45) is 0 Å². The normalized spacial score (nSPS) is 11.7.